The highest BCUT2D eigenvalue weighted by Crippen LogP contribution is 2.19. The van der Waals surface area contributed by atoms with Crippen LogP contribution in [0.5, 0.6) is 0 Å². The van der Waals surface area contributed by atoms with E-state index in [2.05, 4.69) is 15.5 Å². The number of hydrogen-bond acceptors (Lipinski definition) is 3. The fraction of sp³-hybridized carbons (Fsp3) is 0.273. The van der Waals surface area contributed by atoms with Gasteiger partial charge in [-0.2, -0.15) is 5.10 Å². The summed E-state index contributed by atoms with van der Waals surface area (Å²) in [7, 11) is 0. The minimum Gasteiger partial charge on any atom is -0.273 e. The predicted octanol–water partition coefficient (Wildman–Crippen LogP) is 2.03. The highest BCUT2D eigenvalue weighted by atomic mass is 16.2. The van der Waals surface area contributed by atoms with Gasteiger partial charge in [0.25, 0.3) is 0 Å². The van der Waals surface area contributed by atoms with E-state index < -0.39 is 0 Å². The lowest BCUT2D eigenvalue weighted by Gasteiger charge is -2.18. The number of carbonyl (C=O) groups excluding carboxylic acids is 1. The standard InChI is InChI=1S/C11H10N4O/c1-7-6-10(16)14-15-11(7)8-2-4-9(13-12)5-3-8/h2-5,7H,6H2,1H3/p+1/t7-/m1/s1. The summed E-state index contributed by atoms with van der Waals surface area (Å²) in [5, 5.41) is 12.6. The number of benzene rings is 1. The molecule has 80 valence electrons. The summed E-state index contributed by atoms with van der Waals surface area (Å²) in [5.74, 6) is 0.0453. The second kappa shape index (κ2) is 4.11. The lowest BCUT2D eigenvalue weighted by atomic mass is 9.94. The van der Waals surface area contributed by atoms with Crippen molar-refractivity contribution in [3.05, 3.63) is 34.8 Å². The average molecular weight is 215 g/mol. The van der Waals surface area contributed by atoms with Gasteiger partial charge in [-0.15, -0.1) is 0 Å². The molecule has 0 spiro atoms. The number of rotatable bonds is 1. The van der Waals surface area contributed by atoms with Crippen molar-refractivity contribution in [3.63, 3.8) is 0 Å². The Balaban J connectivity index is 2.30. The molecule has 0 radical (unpaired) electrons. The monoisotopic (exact) mass is 215 g/mol. The van der Waals surface area contributed by atoms with Gasteiger partial charge in [0.2, 0.25) is 11.3 Å². The van der Waals surface area contributed by atoms with Crippen molar-refractivity contribution in [2.45, 2.75) is 13.3 Å². The van der Waals surface area contributed by atoms with Crippen molar-refractivity contribution in [1.82, 2.24) is 5.43 Å². The van der Waals surface area contributed by atoms with Gasteiger partial charge in [0.05, 0.1) is 5.71 Å². The summed E-state index contributed by atoms with van der Waals surface area (Å²) in [6.45, 7) is 1.96. The van der Waals surface area contributed by atoms with Gasteiger partial charge in [-0.3, -0.25) is 4.79 Å². The molecule has 0 bridgehead atoms. The summed E-state index contributed by atoms with van der Waals surface area (Å²) in [6.07, 6.45) is 0.449. The molecule has 16 heavy (non-hydrogen) atoms. The van der Waals surface area contributed by atoms with Gasteiger partial charge in [0.1, 0.15) is 0 Å². The van der Waals surface area contributed by atoms with Crippen molar-refractivity contribution >= 4 is 17.3 Å². The molecule has 1 aliphatic rings. The molecule has 0 saturated carbocycles. The maximum absolute atomic E-state index is 11.1. The van der Waals surface area contributed by atoms with E-state index in [1.165, 1.54) is 0 Å². The molecule has 1 aromatic carbocycles. The normalized spacial score (nSPS) is 19.6. The Morgan fingerprint density at radius 1 is 1.44 bits per heavy atom. The van der Waals surface area contributed by atoms with Gasteiger partial charge in [-0.05, 0) is 17.7 Å². The molecule has 1 atom stereocenters. The van der Waals surface area contributed by atoms with Gasteiger partial charge in [-0.1, -0.05) is 6.92 Å². The zero-order valence-electron chi connectivity index (χ0n) is 8.84. The fourth-order valence-electron chi connectivity index (χ4n) is 1.70. The van der Waals surface area contributed by atoms with E-state index in [0.717, 1.165) is 11.3 Å². The Morgan fingerprint density at radius 3 is 2.69 bits per heavy atom. The van der Waals surface area contributed by atoms with Crippen LogP contribution in [0.2, 0.25) is 0 Å². The molecule has 1 aliphatic heterocycles. The van der Waals surface area contributed by atoms with Crippen LogP contribution in [0, 0.1) is 11.3 Å². The lowest BCUT2D eigenvalue weighted by molar-refractivity contribution is -0.121. The number of amides is 1. The molecule has 1 heterocycles. The van der Waals surface area contributed by atoms with Crippen LogP contribution < -0.4 is 5.43 Å². The molecule has 0 unspecified atom stereocenters. The Kier molecular flexibility index (Phi) is 2.64. The molecule has 0 aliphatic carbocycles. The van der Waals surface area contributed by atoms with Crippen LogP contribution in [0.1, 0.15) is 18.9 Å². The van der Waals surface area contributed by atoms with Crippen LogP contribution in [0.15, 0.2) is 29.4 Å². The number of hydrazone groups is 1. The van der Waals surface area contributed by atoms with Crippen molar-refractivity contribution < 1.29 is 4.79 Å². The smallest absolute Gasteiger partial charge is 0.273 e. The Bertz CT molecular complexity index is 484. The van der Waals surface area contributed by atoms with Gasteiger partial charge >= 0.3 is 5.69 Å². The second-order valence-corrected chi connectivity index (χ2v) is 3.78. The molecule has 2 rings (SSSR count). The molecule has 1 aromatic rings. The summed E-state index contributed by atoms with van der Waals surface area (Å²) in [6, 6.07) is 7.03. The predicted molar refractivity (Wildman–Crippen MR) is 59.6 cm³/mol. The van der Waals surface area contributed by atoms with E-state index in [9.17, 15) is 4.79 Å². The molecule has 5 heteroatoms. The van der Waals surface area contributed by atoms with Crippen LogP contribution >= 0.6 is 0 Å². The first kappa shape index (κ1) is 10.3. The van der Waals surface area contributed by atoms with E-state index in [4.69, 9.17) is 5.39 Å². The molecule has 1 N–H and O–H groups in total. The second-order valence-electron chi connectivity index (χ2n) is 3.78. The van der Waals surface area contributed by atoms with Gasteiger partial charge in [0.15, 0.2) is 4.98 Å². The molecule has 0 aromatic heterocycles. The van der Waals surface area contributed by atoms with Crippen LogP contribution in [-0.2, 0) is 4.79 Å². The highest BCUT2D eigenvalue weighted by Gasteiger charge is 2.21. The number of nitrogens with one attached hydrogen (secondary N) is 1. The topological polar surface area (TPSA) is 69.6 Å². The zero-order valence-corrected chi connectivity index (χ0v) is 8.84. The van der Waals surface area contributed by atoms with Crippen molar-refractivity contribution in [3.8, 4) is 0 Å². The first-order chi connectivity index (χ1) is 7.70. The van der Waals surface area contributed by atoms with E-state index >= 15 is 0 Å². The SMILES string of the molecule is C[C@@H]1CC(=O)NN=C1c1ccc([N+]#N)cc1. The van der Waals surface area contributed by atoms with Crippen molar-refractivity contribution in [2.24, 2.45) is 11.0 Å². The maximum atomic E-state index is 11.1. The first-order valence-electron chi connectivity index (χ1n) is 5.02. The lowest BCUT2D eigenvalue weighted by Crippen LogP contribution is -2.31. The van der Waals surface area contributed by atoms with Crippen LogP contribution in [0.4, 0.5) is 5.69 Å². The summed E-state index contributed by atoms with van der Waals surface area (Å²) in [4.78, 5) is 14.2. The van der Waals surface area contributed by atoms with Crippen LogP contribution in [0.3, 0.4) is 0 Å². The molecule has 0 fully saturated rings. The number of carbonyl (C=O) groups is 1. The van der Waals surface area contributed by atoms with Gasteiger partial charge < -0.3 is 0 Å². The van der Waals surface area contributed by atoms with E-state index in [0.29, 0.717) is 12.1 Å². The third-order valence-corrected chi connectivity index (χ3v) is 2.54. The van der Waals surface area contributed by atoms with E-state index in [-0.39, 0.29) is 11.8 Å². The maximum Gasteiger partial charge on any atom is 0.385 e. The summed E-state index contributed by atoms with van der Waals surface area (Å²) < 4.78 is 0. The largest absolute Gasteiger partial charge is 0.385 e. The average Bonchev–Trinajstić information content (AvgIpc) is 2.29. The molecule has 1 amide bonds. The number of nitrogens with zero attached hydrogens (tertiary/aromatic N) is 3. The van der Waals surface area contributed by atoms with Gasteiger partial charge in [-0.25, -0.2) is 5.43 Å². The Hall–Kier alpha value is -2.22. The molecular formula is C11H11N4O+. The number of diazo groups is 1. The minimum atomic E-state index is -0.0572. The Labute approximate surface area is 92.8 Å². The molecule has 0 saturated heterocycles. The zero-order chi connectivity index (χ0) is 11.5. The fourth-order valence-corrected chi connectivity index (χ4v) is 1.70. The van der Waals surface area contributed by atoms with Crippen molar-refractivity contribution in [1.29, 1.82) is 5.39 Å². The van der Waals surface area contributed by atoms with Crippen LogP contribution in [0.25, 0.3) is 4.98 Å². The third kappa shape index (κ3) is 1.91. The highest BCUT2D eigenvalue weighted by molar-refractivity contribution is 6.05. The Morgan fingerprint density at radius 2 is 2.12 bits per heavy atom. The molecular weight excluding hydrogens is 204 g/mol. The van der Waals surface area contributed by atoms with Crippen molar-refractivity contribution in [2.75, 3.05) is 0 Å². The summed E-state index contributed by atoms with van der Waals surface area (Å²) in [5.41, 5.74) is 4.74. The number of hydrogen-bond donors (Lipinski definition) is 1. The minimum absolute atomic E-state index is 0.0572. The summed E-state index contributed by atoms with van der Waals surface area (Å²) >= 11 is 0. The molecule has 5 nitrogen and oxygen atoms in total. The first-order valence-corrected chi connectivity index (χ1v) is 5.02. The van der Waals surface area contributed by atoms with E-state index in [1.54, 1.807) is 12.1 Å². The van der Waals surface area contributed by atoms with E-state index in [1.807, 2.05) is 19.1 Å². The quantitative estimate of drug-likeness (QED) is 0.728. The van der Waals surface area contributed by atoms with Gasteiger partial charge in [0, 0.05) is 24.5 Å². The third-order valence-electron chi connectivity index (χ3n) is 2.54. The van der Waals surface area contributed by atoms with Crippen LogP contribution in [-0.4, -0.2) is 11.6 Å².